The van der Waals surface area contributed by atoms with Crippen molar-refractivity contribution in [1.82, 2.24) is 0 Å². The van der Waals surface area contributed by atoms with Gasteiger partial charge >= 0.3 is 5.97 Å². The minimum Gasteiger partial charge on any atom is -0.491 e. The first-order valence-electron chi connectivity index (χ1n) is 7.65. The summed E-state index contributed by atoms with van der Waals surface area (Å²) in [4.78, 5) is 25.0. The van der Waals surface area contributed by atoms with Crippen molar-refractivity contribution < 1.29 is 19.4 Å². The van der Waals surface area contributed by atoms with E-state index in [2.05, 4.69) is 67.8 Å². The lowest BCUT2D eigenvalue weighted by Crippen LogP contribution is -2.33. The Morgan fingerprint density at radius 3 is 2.33 bits per heavy atom. The monoisotopic (exact) mass is 671 g/mol. The van der Waals surface area contributed by atoms with Gasteiger partial charge in [0, 0.05) is 16.5 Å². The number of nitrogens with zero attached hydrogens (tertiary/aromatic N) is 1. The van der Waals surface area contributed by atoms with Gasteiger partial charge in [-0.05, 0) is 86.7 Å². The fraction of sp³-hybridized carbons (Fsp3) is 0.500. The van der Waals surface area contributed by atoms with E-state index in [4.69, 9.17) is 9.84 Å². The molecule has 0 aliphatic rings. The fourth-order valence-electron chi connectivity index (χ4n) is 2.08. The molecule has 0 aromatic heterocycles. The van der Waals surface area contributed by atoms with Gasteiger partial charge in [0.15, 0.2) is 0 Å². The van der Waals surface area contributed by atoms with Crippen LogP contribution in [-0.2, 0) is 9.59 Å². The Morgan fingerprint density at radius 1 is 1.12 bits per heavy atom. The molecule has 1 amide bonds. The highest BCUT2D eigenvalue weighted by Crippen LogP contribution is 2.39. The van der Waals surface area contributed by atoms with E-state index in [0.29, 0.717) is 13.2 Å². The topological polar surface area (TPSA) is 66.8 Å². The van der Waals surface area contributed by atoms with Crippen LogP contribution in [0.5, 0.6) is 5.75 Å². The zero-order valence-corrected chi connectivity index (χ0v) is 20.0. The summed E-state index contributed by atoms with van der Waals surface area (Å²) in [7, 11) is 0. The third kappa shape index (κ3) is 6.15. The average molecular weight is 671 g/mol. The second-order valence-corrected chi connectivity index (χ2v) is 8.52. The Hall–Kier alpha value is 0.150. The van der Waals surface area contributed by atoms with Crippen LogP contribution in [0.4, 0.5) is 5.69 Å². The predicted molar refractivity (Wildman–Crippen MR) is 120 cm³/mol. The first-order valence-corrected chi connectivity index (χ1v) is 10.9. The van der Waals surface area contributed by atoms with Gasteiger partial charge in [0.25, 0.3) is 0 Å². The number of rotatable bonds is 9. The number of carbonyl (C=O) groups is 2. The molecule has 0 aliphatic heterocycles. The second-order valence-electron chi connectivity index (χ2n) is 5.12. The van der Waals surface area contributed by atoms with Crippen LogP contribution in [0.3, 0.4) is 0 Å². The molecule has 0 fully saturated rings. The van der Waals surface area contributed by atoms with Crippen molar-refractivity contribution in [3.63, 3.8) is 0 Å². The number of hydrogen-bond donors (Lipinski definition) is 1. The van der Waals surface area contributed by atoms with Crippen LogP contribution < -0.4 is 9.64 Å². The number of aliphatic carboxylic acids is 1. The summed E-state index contributed by atoms with van der Waals surface area (Å²) < 4.78 is 8.73. The van der Waals surface area contributed by atoms with Gasteiger partial charge in [0.05, 0.1) is 25.9 Å². The zero-order chi connectivity index (χ0) is 18.3. The standard InChI is InChI=1S/C16H20I3NO4/c1-3-7-20(12(21)5-6-13(22)23)15-10(17)9-11(18)16(14(15)19)24-8-4-2/h9H,3-8H2,1-2H3,(H,22,23). The lowest BCUT2D eigenvalue weighted by molar-refractivity contribution is -0.138. The minimum absolute atomic E-state index is 0.00136. The van der Waals surface area contributed by atoms with Crippen LogP contribution in [0.1, 0.15) is 39.5 Å². The first kappa shape index (κ1) is 22.2. The summed E-state index contributed by atoms with van der Waals surface area (Å²) in [5.41, 5.74) is 0.819. The quantitative estimate of drug-likeness (QED) is 0.380. The molecule has 134 valence electrons. The third-order valence-corrected chi connectivity index (χ3v) is 5.75. The minimum atomic E-state index is -0.959. The number of benzene rings is 1. The molecule has 1 N–H and O–H groups in total. The summed E-state index contributed by atoms with van der Waals surface area (Å²) in [6.45, 7) is 5.22. The maximum atomic E-state index is 12.6. The average Bonchev–Trinajstić information content (AvgIpc) is 2.51. The van der Waals surface area contributed by atoms with Gasteiger partial charge in [-0.25, -0.2) is 0 Å². The molecule has 0 aliphatic carbocycles. The molecule has 0 heterocycles. The van der Waals surface area contributed by atoms with E-state index < -0.39 is 5.97 Å². The SMILES string of the molecule is CCCOc1c(I)cc(I)c(N(CCC)C(=O)CCC(=O)O)c1I. The highest BCUT2D eigenvalue weighted by atomic mass is 127. The van der Waals surface area contributed by atoms with Crippen LogP contribution in [0.2, 0.25) is 0 Å². The van der Waals surface area contributed by atoms with Crippen LogP contribution in [0, 0.1) is 10.7 Å². The van der Waals surface area contributed by atoms with Crippen molar-refractivity contribution in [3.8, 4) is 5.75 Å². The molecular weight excluding hydrogens is 651 g/mol. The molecule has 0 unspecified atom stereocenters. The van der Waals surface area contributed by atoms with Gasteiger partial charge in [-0.3, -0.25) is 9.59 Å². The number of ether oxygens (including phenoxy) is 1. The molecule has 8 heteroatoms. The molecular formula is C16H20I3NO4. The number of anilines is 1. The van der Waals surface area contributed by atoms with Gasteiger partial charge in [0.2, 0.25) is 5.91 Å². The smallest absolute Gasteiger partial charge is 0.303 e. The molecule has 1 aromatic rings. The number of hydrogen-bond acceptors (Lipinski definition) is 3. The van der Waals surface area contributed by atoms with Gasteiger partial charge in [0.1, 0.15) is 5.75 Å². The van der Waals surface area contributed by atoms with Gasteiger partial charge in [-0.15, -0.1) is 0 Å². The molecule has 0 radical (unpaired) electrons. The maximum absolute atomic E-state index is 12.6. The lowest BCUT2D eigenvalue weighted by Gasteiger charge is -2.26. The molecule has 0 saturated heterocycles. The second kappa shape index (κ2) is 11.0. The Morgan fingerprint density at radius 2 is 1.79 bits per heavy atom. The van der Waals surface area contributed by atoms with E-state index in [1.54, 1.807) is 4.90 Å². The predicted octanol–water partition coefficient (Wildman–Crippen LogP) is 4.90. The largest absolute Gasteiger partial charge is 0.491 e. The summed E-state index contributed by atoms with van der Waals surface area (Å²) >= 11 is 6.68. The summed E-state index contributed by atoms with van der Waals surface area (Å²) in [5, 5.41) is 8.84. The van der Waals surface area contributed by atoms with Crippen molar-refractivity contribution in [3.05, 3.63) is 16.8 Å². The Balaban J connectivity index is 3.26. The highest BCUT2D eigenvalue weighted by molar-refractivity contribution is 14.1. The fourth-order valence-corrected chi connectivity index (χ4v) is 6.34. The van der Waals surface area contributed by atoms with Crippen LogP contribution in [0.15, 0.2) is 6.07 Å². The Labute approximate surface area is 183 Å². The Kier molecular flexibility index (Phi) is 10.2. The van der Waals surface area contributed by atoms with Crippen molar-refractivity contribution in [2.24, 2.45) is 0 Å². The van der Waals surface area contributed by atoms with Crippen LogP contribution >= 0.6 is 67.8 Å². The number of carboxylic acid groups (broad SMARTS) is 1. The van der Waals surface area contributed by atoms with Gasteiger partial charge in [-0.2, -0.15) is 0 Å². The number of halogens is 3. The third-order valence-electron chi connectivity index (χ3n) is 3.13. The van der Waals surface area contributed by atoms with Crippen LogP contribution in [-0.4, -0.2) is 30.1 Å². The molecule has 0 bridgehead atoms. The lowest BCUT2D eigenvalue weighted by atomic mass is 10.2. The van der Waals surface area contributed by atoms with E-state index in [1.165, 1.54) is 0 Å². The summed E-state index contributed by atoms with van der Waals surface area (Å²) in [6, 6.07) is 2.00. The van der Waals surface area contributed by atoms with Crippen molar-refractivity contribution in [2.45, 2.75) is 39.5 Å². The molecule has 1 rings (SSSR count). The van der Waals surface area contributed by atoms with E-state index in [0.717, 1.165) is 35.0 Å². The number of carboxylic acids is 1. The van der Waals surface area contributed by atoms with Crippen LogP contribution in [0.25, 0.3) is 0 Å². The summed E-state index contributed by atoms with van der Waals surface area (Å²) in [5.74, 6) is -0.336. The van der Waals surface area contributed by atoms with E-state index in [9.17, 15) is 9.59 Å². The van der Waals surface area contributed by atoms with Crippen molar-refractivity contribution in [2.75, 3.05) is 18.1 Å². The van der Waals surface area contributed by atoms with E-state index >= 15 is 0 Å². The van der Waals surface area contributed by atoms with Crippen molar-refractivity contribution in [1.29, 1.82) is 0 Å². The molecule has 0 atom stereocenters. The molecule has 5 nitrogen and oxygen atoms in total. The molecule has 24 heavy (non-hydrogen) atoms. The van der Waals surface area contributed by atoms with Gasteiger partial charge in [-0.1, -0.05) is 13.8 Å². The zero-order valence-electron chi connectivity index (χ0n) is 13.6. The number of amides is 1. The van der Waals surface area contributed by atoms with E-state index in [-0.39, 0.29) is 18.7 Å². The normalized spacial score (nSPS) is 10.5. The first-order chi connectivity index (χ1) is 11.3. The summed E-state index contributed by atoms with van der Waals surface area (Å²) in [6.07, 6.45) is 1.54. The Bertz CT molecular complexity index is 607. The molecule has 0 saturated carbocycles. The number of carbonyl (C=O) groups excluding carboxylic acids is 1. The highest BCUT2D eigenvalue weighted by Gasteiger charge is 2.24. The molecule has 1 aromatic carbocycles. The maximum Gasteiger partial charge on any atom is 0.303 e. The molecule has 0 spiro atoms. The van der Waals surface area contributed by atoms with Gasteiger partial charge < -0.3 is 14.7 Å². The van der Waals surface area contributed by atoms with Crippen molar-refractivity contribution >= 4 is 85.3 Å². The van der Waals surface area contributed by atoms with E-state index in [1.807, 2.05) is 19.9 Å².